The standard InChI is InChI=1S/C26H17ClN2OS/c27-19-11-12-23-22(15-19)21(17-6-2-1-3-7-17)16-24(29-23)18-8-4-9-20(14-18)28-26(30)25-10-5-13-31-25/h1-16H,(H,28,30). The molecule has 31 heavy (non-hydrogen) atoms. The monoisotopic (exact) mass is 440 g/mol. The number of carbonyl (C=O) groups excluding carboxylic acids is 1. The zero-order valence-corrected chi connectivity index (χ0v) is 18.0. The van der Waals surface area contributed by atoms with Crippen molar-refractivity contribution in [3.05, 3.63) is 106 Å². The molecule has 0 radical (unpaired) electrons. The van der Waals surface area contributed by atoms with Crippen molar-refractivity contribution in [1.29, 1.82) is 0 Å². The van der Waals surface area contributed by atoms with Gasteiger partial charge in [0.25, 0.3) is 5.91 Å². The Morgan fingerprint density at radius 3 is 2.48 bits per heavy atom. The lowest BCUT2D eigenvalue weighted by Crippen LogP contribution is -2.09. The smallest absolute Gasteiger partial charge is 0.265 e. The molecule has 2 aromatic heterocycles. The fourth-order valence-electron chi connectivity index (χ4n) is 3.56. The topological polar surface area (TPSA) is 42.0 Å². The Labute approximate surface area is 189 Å². The van der Waals surface area contributed by atoms with Crippen molar-refractivity contribution in [2.75, 3.05) is 5.32 Å². The maximum Gasteiger partial charge on any atom is 0.265 e. The molecule has 0 atom stereocenters. The summed E-state index contributed by atoms with van der Waals surface area (Å²) < 4.78 is 0. The number of pyridine rings is 1. The van der Waals surface area contributed by atoms with Gasteiger partial charge in [0.1, 0.15) is 0 Å². The summed E-state index contributed by atoms with van der Waals surface area (Å²) in [7, 11) is 0. The first-order chi connectivity index (χ1) is 15.2. The van der Waals surface area contributed by atoms with E-state index in [1.165, 1.54) is 11.3 Å². The minimum atomic E-state index is -0.113. The van der Waals surface area contributed by atoms with Crippen molar-refractivity contribution in [3.63, 3.8) is 0 Å². The molecular weight excluding hydrogens is 424 g/mol. The van der Waals surface area contributed by atoms with E-state index in [-0.39, 0.29) is 5.91 Å². The van der Waals surface area contributed by atoms with E-state index in [9.17, 15) is 4.79 Å². The van der Waals surface area contributed by atoms with Crippen molar-refractivity contribution in [2.24, 2.45) is 0 Å². The zero-order chi connectivity index (χ0) is 21.2. The number of carbonyl (C=O) groups is 1. The van der Waals surface area contributed by atoms with Crippen LogP contribution in [0.4, 0.5) is 5.69 Å². The number of halogens is 1. The molecule has 0 aliphatic rings. The number of hydrogen-bond acceptors (Lipinski definition) is 3. The van der Waals surface area contributed by atoms with Gasteiger partial charge in [0.05, 0.1) is 16.1 Å². The minimum absolute atomic E-state index is 0.113. The predicted octanol–water partition coefficient (Wildman–Crippen LogP) is 7.54. The molecule has 0 unspecified atom stereocenters. The van der Waals surface area contributed by atoms with E-state index in [0.717, 1.165) is 39.0 Å². The van der Waals surface area contributed by atoms with Crippen LogP contribution in [0.5, 0.6) is 0 Å². The molecule has 2 heterocycles. The van der Waals surface area contributed by atoms with Gasteiger partial charge in [-0.3, -0.25) is 4.79 Å². The Hall–Kier alpha value is -3.47. The molecule has 0 spiro atoms. The van der Waals surface area contributed by atoms with Gasteiger partial charge in [-0.05, 0) is 59.0 Å². The van der Waals surface area contributed by atoms with E-state index >= 15 is 0 Å². The molecule has 0 aliphatic carbocycles. The highest BCUT2D eigenvalue weighted by Gasteiger charge is 2.12. The summed E-state index contributed by atoms with van der Waals surface area (Å²) in [6.45, 7) is 0. The molecule has 5 aromatic rings. The molecule has 5 heteroatoms. The summed E-state index contributed by atoms with van der Waals surface area (Å²) in [5.41, 5.74) is 5.53. The first-order valence-electron chi connectivity index (χ1n) is 9.78. The van der Waals surface area contributed by atoms with Crippen LogP contribution in [0.25, 0.3) is 33.3 Å². The maximum atomic E-state index is 12.4. The van der Waals surface area contributed by atoms with Crippen molar-refractivity contribution < 1.29 is 4.79 Å². The third kappa shape index (κ3) is 4.08. The van der Waals surface area contributed by atoms with E-state index in [4.69, 9.17) is 16.6 Å². The van der Waals surface area contributed by atoms with Gasteiger partial charge < -0.3 is 5.32 Å². The van der Waals surface area contributed by atoms with E-state index in [1.807, 2.05) is 78.2 Å². The van der Waals surface area contributed by atoms with Crippen molar-refractivity contribution in [3.8, 4) is 22.4 Å². The van der Waals surface area contributed by atoms with E-state index in [0.29, 0.717) is 9.90 Å². The van der Waals surface area contributed by atoms with Crippen LogP contribution >= 0.6 is 22.9 Å². The van der Waals surface area contributed by atoms with Crippen molar-refractivity contribution in [1.82, 2.24) is 4.98 Å². The minimum Gasteiger partial charge on any atom is -0.321 e. The van der Waals surface area contributed by atoms with Gasteiger partial charge in [-0.2, -0.15) is 0 Å². The summed E-state index contributed by atoms with van der Waals surface area (Å²) in [4.78, 5) is 18.0. The molecule has 1 N–H and O–H groups in total. The number of anilines is 1. The van der Waals surface area contributed by atoms with E-state index in [2.05, 4.69) is 23.5 Å². The molecule has 3 nitrogen and oxygen atoms in total. The summed E-state index contributed by atoms with van der Waals surface area (Å²) in [6.07, 6.45) is 0. The Morgan fingerprint density at radius 1 is 0.839 bits per heavy atom. The lowest BCUT2D eigenvalue weighted by Gasteiger charge is -2.12. The number of aromatic nitrogens is 1. The lowest BCUT2D eigenvalue weighted by atomic mass is 9.98. The Morgan fingerprint density at radius 2 is 1.68 bits per heavy atom. The van der Waals surface area contributed by atoms with Crippen LogP contribution < -0.4 is 5.32 Å². The number of hydrogen-bond donors (Lipinski definition) is 1. The fraction of sp³-hybridized carbons (Fsp3) is 0. The molecule has 150 valence electrons. The predicted molar refractivity (Wildman–Crippen MR) is 130 cm³/mol. The molecule has 0 bridgehead atoms. The number of rotatable bonds is 4. The van der Waals surface area contributed by atoms with Crippen LogP contribution in [-0.2, 0) is 0 Å². The zero-order valence-electron chi connectivity index (χ0n) is 16.4. The maximum absolute atomic E-state index is 12.4. The van der Waals surface area contributed by atoms with Gasteiger partial charge in [0.15, 0.2) is 0 Å². The van der Waals surface area contributed by atoms with Gasteiger partial charge in [-0.15, -0.1) is 11.3 Å². The summed E-state index contributed by atoms with van der Waals surface area (Å²) in [5.74, 6) is -0.113. The first kappa shape index (κ1) is 19.5. The van der Waals surface area contributed by atoms with E-state index in [1.54, 1.807) is 0 Å². The van der Waals surface area contributed by atoms with Gasteiger partial charge in [0, 0.05) is 21.7 Å². The van der Waals surface area contributed by atoms with Gasteiger partial charge in [0.2, 0.25) is 0 Å². The molecule has 0 saturated heterocycles. The van der Waals surface area contributed by atoms with Crippen LogP contribution in [0, 0.1) is 0 Å². The van der Waals surface area contributed by atoms with Gasteiger partial charge >= 0.3 is 0 Å². The van der Waals surface area contributed by atoms with Crippen LogP contribution in [0.15, 0.2) is 96.4 Å². The number of benzene rings is 3. The highest BCUT2D eigenvalue weighted by atomic mass is 35.5. The molecule has 0 fully saturated rings. The second-order valence-corrected chi connectivity index (χ2v) is 8.48. The highest BCUT2D eigenvalue weighted by molar-refractivity contribution is 7.12. The van der Waals surface area contributed by atoms with Crippen LogP contribution in [0.3, 0.4) is 0 Å². The van der Waals surface area contributed by atoms with Crippen LogP contribution in [0.2, 0.25) is 5.02 Å². The third-order valence-electron chi connectivity index (χ3n) is 5.02. The van der Waals surface area contributed by atoms with Crippen LogP contribution in [-0.4, -0.2) is 10.9 Å². The summed E-state index contributed by atoms with van der Waals surface area (Å²) in [5, 5.41) is 6.54. The number of nitrogens with zero attached hydrogens (tertiary/aromatic N) is 1. The summed E-state index contributed by atoms with van der Waals surface area (Å²) in [6, 6.07) is 29.5. The number of nitrogens with one attached hydrogen (secondary N) is 1. The number of thiophene rings is 1. The Kier molecular flexibility index (Phi) is 5.24. The Bertz CT molecular complexity index is 1380. The average Bonchev–Trinajstić information content (AvgIpc) is 3.34. The Balaban J connectivity index is 1.59. The largest absolute Gasteiger partial charge is 0.321 e. The highest BCUT2D eigenvalue weighted by Crippen LogP contribution is 2.34. The average molecular weight is 441 g/mol. The normalized spacial score (nSPS) is 10.9. The molecular formula is C26H17ClN2OS. The summed E-state index contributed by atoms with van der Waals surface area (Å²) >= 11 is 7.70. The lowest BCUT2D eigenvalue weighted by molar-refractivity contribution is 0.103. The van der Waals surface area contributed by atoms with Crippen LogP contribution in [0.1, 0.15) is 9.67 Å². The van der Waals surface area contributed by atoms with E-state index < -0.39 is 0 Å². The number of amides is 1. The molecule has 5 rings (SSSR count). The molecule has 0 aliphatic heterocycles. The second kappa shape index (κ2) is 8.34. The molecule has 3 aromatic carbocycles. The number of fused-ring (bicyclic) bond motifs is 1. The SMILES string of the molecule is O=C(Nc1cccc(-c2cc(-c3ccccc3)c3cc(Cl)ccc3n2)c1)c1cccs1. The first-order valence-corrected chi connectivity index (χ1v) is 11.0. The van der Waals surface area contributed by atoms with Crippen molar-refractivity contribution >= 4 is 45.4 Å². The van der Waals surface area contributed by atoms with Crippen molar-refractivity contribution in [2.45, 2.75) is 0 Å². The fourth-order valence-corrected chi connectivity index (χ4v) is 4.35. The quantitative estimate of drug-likeness (QED) is 0.313. The van der Waals surface area contributed by atoms with Gasteiger partial charge in [-0.1, -0.05) is 60.1 Å². The molecule has 1 amide bonds. The molecule has 0 saturated carbocycles. The second-order valence-electron chi connectivity index (χ2n) is 7.09. The van der Waals surface area contributed by atoms with Gasteiger partial charge in [-0.25, -0.2) is 4.98 Å². The third-order valence-corrected chi connectivity index (χ3v) is 6.12.